The van der Waals surface area contributed by atoms with E-state index < -0.39 is 5.60 Å². The van der Waals surface area contributed by atoms with Crippen molar-refractivity contribution in [2.45, 2.75) is 56.8 Å². The molecule has 0 amide bonds. The second-order valence-corrected chi connectivity index (χ2v) is 7.39. The third kappa shape index (κ3) is 2.81. The van der Waals surface area contributed by atoms with Gasteiger partial charge in [0.2, 0.25) is 0 Å². The summed E-state index contributed by atoms with van der Waals surface area (Å²) < 4.78 is 15.0. The lowest BCUT2D eigenvalue weighted by molar-refractivity contribution is -0.0595. The van der Waals surface area contributed by atoms with Gasteiger partial charge >= 0.3 is 0 Å². The first kappa shape index (κ1) is 16.5. The van der Waals surface area contributed by atoms with Gasteiger partial charge in [0, 0.05) is 36.1 Å². The number of nitrogens with zero attached hydrogens (tertiary/aromatic N) is 3. The van der Waals surface area contributed by atoms with Crippen molar-refractivity contribution in [3.05, 3.63) is 59.7 Å². The summed E-state index contributed by atoms with van der Waals surface area (Å²) in [5.74, 6) is -0.262. The van der Waals surface area contributed by atoms with Crippen molar-refractivity contribution in [3.8, 4) is 0 Å². The van der Waals surface area contributed by atoms with E-state index in [0.717, 1.165) is 30.6 Å². The second-order valence-electron chi connectivity index (χ2n) is 7.39. The first-order chi connectivity index (χ1) is 12.0. The van der Waals surface area contributed by atoms with Gasteiger partial charge in [0.1, 0.15) is 5.82 Å². The minimum atomic E-state index is -0.851. The SMILES string of the molecule is C=Cn1ncc(CN2[C@@H]3CC[C@H]2CC(O)(c2ccc(F)cc2)C3)c1C. The molecule has 2 aromatic rings. The summed E-state index contributed by atoms with van der Waals surface area (Å²) in [6, 6.07) is 7.02. The molecule has 1 N–H and O–H groups in total. The number of hydrogen-bond acceptors (Lipinski definition) is 3. The van der Waals surface area contributed by atoms with Crippen molar-refractivity contribution in [2.24, 2.45) is 0 Å². The number of hydrogen-bond donors (Lipinski definition) is 1. The number of aliphatic hydroxyl groups is 1. The van der Waals surface area contributed by atoms with Crippen LogP contribution in [0.15, 0.2) is 37.0 Å². The van der Waals surface area contributed by atoms with E-state index >= 15 is 0 Å². The minimum absolute atomic E-state index is 0.262. The van der Waals surface area contributed by atoms with Crippen molar-refractivity contribution in [3.63, 3.8) is 0 Å². The molecule has 0 aliphatic carbocycles. The van der Waals surface area contributed by atoms with Gasteiger partial charge in [-0.3, -0.25) is 4.90 Å². The van der Waals surface area contributed by atoms with Crippen LogP contribution in [0.2, 0.25) is 0 Å². The maximum Gasteiger partial charge on any atom is 0.123 e. The molecule has 2 fully saturated rings. The van der Waals surface area contributed by atoms with Gasteiger partial charge in [-0.15, -0.1) is 0 Å². The van der Waals surface area contributed by atoms with E-state index in [1.54, 1.807) is 23.0 Å². The smallest absolute Gasteiger partial charge is 0.123 e. The predicted octanol–water partition coefficient (Wildman–Crippen LogP) is 3.45. The average Bonchev–Trinajstić information content (AvgIpc) is 3.06. The normalized spacial score (nSPS) is 29.1. The molecule has 2 saturated heterocycles. The largest absolute Gasteiger partial charge is 0.385 e. The molecule has 0 spiro atoms. The zero-order chi connectivity index (χ0) is 17.6. The number of aromatic nitrogens is 2. The third-order valence-corrected chi connectivity index (χ3v) is 5.97. The highest BCUT2D eigenvalue weighted by molar-refractivity contribution is 5.28. The molecular formula is C20H24FN3O. The van der Waals surface area contributed by atoms with E-state index in [-0.39, 0.29) is 5.82 Å². The summed E-state index contributed by atoms with van der Waals surface area (Å²) in [5, 5.41) is 15.6. The van der Waals surface area contributed by atoms with Crippen LogP contribution in [0.3, 0.4) is 0 Å². The highest BCUT2D eigenvalue weighted by atomic mass is 19.1. The van der Waals surface area contributed by atoms with Crippen molar-refractivity contribution < 1.29 is 9.50 Å². The Morgan fingerprint density at radius 2 is 1.92 bits per heavy atom. The molecule has 3 atom stereocenters. The molecule has 132 valence electrons. The van der Waals surface area contributed by atoms with Gasteiger partial charge < -0.3 is 5.11 Å². The standard InChI is InChI=1S/C20H24FN3O/c1-3-24-14(2)15(12-22-24)13-23-18-8-9-19(23)11-20(25,10-18)16-4-6-17(21)7-5-16/h3-7,12,18-19,25H,1,8-11,13H2,2H3/t18-,19+,20?. The molecule has 5 heteroatoms. The average molecular weight is 341 g/mol. The van der Waals surface area contributed by atoms with Crippen molar-refractivity contribution in [1.82, 2.24) is 14.7 Å². The van der Waals surface area contributed by atoms with Crippen LogP contribution in [-0.4, -0.2) is 31.9 Å². The predicted molar refractivity (Wildman–Crippen MR) is 95.2 cm³/mol. The van der Waals surface area contributed by atoms with E-state index in [0.29, 0.717) is 24.9 Å². The molecule has 1 aromatic heterocycles. The van der Waals surface area contributed by atoms with Gasteiger partial charge in [-0.2, -0.15) is 5.10 Å². The topological polar surface area (TPSA) is 41.3 Å². The molecule has 2 aliphatic rings. The monoisotopic (exact) mass is 341 g/mol. The molecule has 1 aromatic carbocycles. The highest BCUT2D eigenvalue weighted by Gasteiger charge is 2.48. The van der Waals surface area contributed by atoms with E-state index in [1.807, 2.05) is 6.20 Å². The summed E-state index contributed by atoms with van der Waals surface area (Å²) in [7, 11) is 0. The maximum absolute atomic E-state index is 13.2. The summed E-state index contributed by atoms with van der Waals surface area (Å²) in [6.07, 6.45) is 7.23. The molecular weight excluding hydrogens is 317 g/mol. The quantitative estimate of drug-likeness (QED) is 0.926. The van der Waals surface area contributed by atoms with E-state index in [9.17, 15) is 9.50 Å². The Morgan fingerprint density at radius 3 is 2.48 bits per heavy atom. The van der Waals surface area contributed by atoms with Gasteiger partial charge in [0.15, 0.2) is 0 Å². The Hall–Kier alpha value is -1.98. The summed E-state index contributed by atoms with van der Waals surface area (Å²) in [4.78, 5) is 2.51. The van der Waals surface area contributed by atoms with Crippen LogP contribution in [0.5, 0.6) is 0 Å². The summed E-state index contributed by atoms with van der Waals surface area (Å²) in [6.45, 7) is 6.70. The zero-order valence-electron chi connectivity index (χ0n) is 14.5. The Balaban J connectivity index is 1.54. The van der Waals surface area contributed by atoms with E-state index in [4.69, 9.17) is 0 Å². The summed E-state index contributed by atoms with van der Waals surface area (Å²) in [5.41, 5.74) is 2.31. The lowest BCUT2D eigenvalue weighted by Gasteiger charge is -2.44. The zero-order valence-corrected chi connectivity index (χ0v) is 14.5. The van der Waals surface area contributed by atoms with Gasteiger partial charge in [0.25, 0.3) is 0 Å². The number of benzene rings is 1. The number of rotatable bonds is 4. The second kappa shape index (κ2) is 6.07. The first-order valence-corrected chi connectivity index (χ1v) is 8.90. The molecule has 25 heavy (non-hydrogen) atoms. The van der Waals surface area contributed by atoms with E-state index in [1.165, 1.54) is 17.7 Å². The van der Waals surface area contributed by atoms with Gasteiger partial charge in [-0.1, -0.05) is 18.7 Å². The van der Waals surface area contributed by atoms with E-state index in [2.05, 4.69) is 23.5 Å². The molecule has 4 rings (SSSR count). The molecule has 2 aliphatic heterocycles. The Morgan fingerprint density at radius 1 is 1.28 bits per heavy atom. The maximum atomic E-state index is 13.2. The van der Waals surface area contributed by atoms with Crippen LogP contribution in [0, 0.1) is 12.7 Å². The third-order valence-electron chi connectivity index (χ3n) is 5.97. The Bertz CT molecular complexity index is 769. The number of fused-ring (bicyclic) bond motifs is 2. The van der Waals surface area contributed by atoms with Crippen LogP contribution in [-0.2, 0) is 12.1 Å². The van der Waals surface area contributed by atoms with Crippen LogP contribution in [0.25, 0.3) is 6.20 Å². The van der Waals surface area contributed by atoms with Crippen LogP contribution in [0.4, 0.5) is 4.39 Å². The van der Waals surface area contributed by atoms with Gasteiger partial charge in [0.05, 0.1) is 11.8 Å². The van der Waals surface area contributed by atoms with Crippen LogP contribution in [0.1, 0.15) is 42.5 Å². The lowest BCUT2D eigenvalue weighted by Crippen LogP contribution is -2.49. The fourth-order valence-electron chi connectivity index (χ4n) is 4.57. The van der Waals surface area contributed by atoms with Crippen molar-refractivity contribution in [1.29, 1.82) is 0 Å². The summed E-state index contributed by atoms with van der Waals surface area (Å²) >= 11 is 0. The van der Waals surface area contributed by atoms with Crippen molar-refractivity contribution in [2.75, 3.05) is 0 Å². The number of piperidine rings is 1. The molecule has 2 bridgehead atoms. The fraction of sp³-hybridized carbons (Fsp3) is 0.450. The lowest BCUT2D eigenvalue weighted by atomic mass is 9.80. The molecule has 0 radical (unpaired) electrons. The van der Waals surface area contributed by atoms with Gasteiger partial charge in [-0.25, -0.2) is 9.07 Å². The van der Waals surface area contributed by atoms with Crippen LogP contribution >= 0.6 is 0 Å². The minimum Gasteiger partial charge on any atom is -0.385 e. The van der Waals surface area contributed by atoms with Crippen molar-refractivity contribution >= 4 is 6.20 Å². The fourth-order valence-corrected chi connectivity index (χ4v) is 4.57. The highest BCUT2D eigenvalue weighted by Crippen LogP contribution is 2.46. The van der Waals surface area contributed by atoms with Gasteiger partial charge in [-0.05, 0) is 50.3 Å². The first-order valence-electron chi connectivity index (χ1n) is 8.90. The number of halogens is 1. The molecule has 0 saturated carbocycles. The molecule has 3 heterocycles. The molecule has 4 nitrogen and oxygen atoms in total. The van der Waals surface area contributed by atoms with Crippen LogP contribution < -0.4 is 0 Å². The Labute approximate surface area is 147 Å². The molecule has 1 unspecified atom stereocenters. The Kier molecular flexibility index (Phi) is 4.01.